The highest BCUT2D eigenvalue weighted by molar-refractivity contribution is 9.10. The highest BCUT2D eigenvalue weighted by Gasteiger charge is 2.29. The number of carbonyl (C=O) groups is 2. The number of hydrogen-bond donors (Lipinski definition) is 0. The van der Waals surface area contributed by atoms with Gasteiger partial charge in [-0.05, 0) is 55.9 Å². The van der Waals surface area contributed by atoms with Gasteiger partial charge in [0.2, 0.25) is 0 Å². The first-order valence-corrected chi connectivity index (χ1v) is 9.02. The largest absolute Gasteiger partial charge is 0.386 e. The van der Waals surface area contributed by atoms with Crippen LogP contribution in [0, 0.1) is 0 Å². The summed E-state index contributed by atoms with van der Waals surface area (Å²) < 4.78 is 5.94. The number of halogens is 1. The molecule has 0 radical (unpaired) electrons. The Kier molecular flexibility index (Phi) is 2.51. The lowest BCUT2D eigenvalue weighted by atomic mass is 9.86. The second kappa shape index (κ2) is 4.59. The Morgan fingerprint density at radius 3 is 1.81 bits per heavy atom. The lowest BCUT2D eigenvalue weighted by Gasteiger charge is -2.20. The molecule has 1 heterocycles. The van der Waals surface area contributed by atoms with Crippen LogP contribution in [0.3, 0.4) is 0 Å². The minimum absolute atomic E-state index is 0.452. The van der Waals surface area contributed by atoms with Crippen molar-refractivity contribution in [1.82, 2.24) is 0 Å². The molecule has 0 fully saturated rings. The van der Waals surface area contributed by atoms with Crippen molar-refractivity contribution in [3.05, 3.63) is 70.2 Å². The zero-order chi connectivity index (χ0) is 17.6. The number of carbonyl (C=O) groups excluding carboxylic acids is 2. The predicted octanol–water partition coefficient (Wildman–Crippen LogP) is 5.81. The Hall–Kier alpha value is -2.98. The first-order chi connectivity index (χ1) is 12.6. The van der Waals surface area contributed by atoms with Crippen LogP contribution in [0.2, 0.25) is 0 Å². The Balaban J connectivity index is 2.02. The lowest BCUT2D eigenvalue weighted by Crippen LogP contribution is -2.19. The third kappa shape index (κ3) is 1.54. The Labute approximate surface area is 155 Å². The van der Waals surface area contributed by atoms with E-state index in [0.29, 0.717) is 16.5 Å². The molecule has 0 amide bonds. The molecular formula is C22H9BrO3. The van der Waals surface area contributed by atoms with Crippen LogP contribution in [0.25, 0.3) is 43.1 Å². The van der Waals surface area contributed by atoms with E-state index in [1.807, 2.05) is 24.3 Å². The van der Waals surface area contributed by atoms with Crippen molar-refractivity contribution in [2.45, 2.75) is 0 Å². The van der Waals surface area contributed by atoms with Gasteiger partial charge in [0.25, 0.3) is 0 Å². The molecule has 0 unspecified atom stereocenters. The zero-order valence-electron chi connectivity index (χ0n) is 13.3. The lowest BCUT2D eigenvalue weighted by molar-refractivity contribution is 0.0391. The summed E-state index contributed by atoms with van der Waals surface area (Å²) in [4.78, 5) is 24.5. The van der Waals surface area contributed by atoms with Crippen LogP contribution in [0.4, 0.5) is 0 Å². The maximum absolute atomic E-state index is 12.2. The molecule has 1 aliphatic rings. The fourth-order valence-corrected chi connectivity index (χ4v) is 4.76. The summed E-state index contributed by atoms with van der Waals surface area (Å²) in [6.45, 7) is 0. The smallest absolute Gasteiger partial charge is 0.346 e. The minimum atomic E-state index is -0.578. The zero-order valence-corrected chi connectivity index (χ0v) is 14.9. The molecule has 0 aromatic heterocycles. The van der Waals surface area contributed by atoms with E-state index in [1.54, 1.807) is 12.1 Å². The average molecular weight is 401 g/mol. The molecule has 0 saturated carbocycles. The van der Waals surface area contributed by atoms with Gasteiger partial charge in [-0.25, -0.2) is 9.59 Å². The van der Waals surface area contributed by atoms with E-state index in [2.05, 4.69) is 34.1 Å². The molecule has 3 nitrogen and oxygen atoms in total. The van der Waals surface area contributed by atoms with E-state index >= 15 is 0 Å². The maximum Gasteiger partial charge on any atom is 0.346 e. The van der Waals surface area contributed by atoms with Crippen LogP contribution >= 0.6 is 15.9 Å². The standard InChI is InChI=1S/C22H9BrO3/c23-17-9-8-11-13-5-7-16-20-15(21(24)26-22(16)25)6-4-12(19(13)20)10-2-1-3-14(17)18(10)11/h1-9H. The van der Waals surface area contributed by atoms with Crippen molar-refractivity contribution in [2.24, 2.45) is 0 Å². The molecule has 0 bridgehead atoms. The summed E-state index contributed by atoms with van der Waals surface area (Å²) in [7, 11) is 0. The molecule has 122 valence electrons. The Morgan fingerprint density at radius 2 is 1.12 bits per heavy atom. The molecule has 1 aliphatic heterocycles. The van der Waals surface area contributed by atoms with Gasteiger partial charge in [-0.1, -0.05) is 52.3 Å². The maximum atomic E-state index is 12.2. The molecule has 4 heteroatoms. The second-order valence-electron chi connectivity index (χ2n) is 6.57. The molecule has 0 N–H and O–H groups in total. The van der Waals surface area contributed by atoms with Gasteiger partial charge in [-0.2, -0.15) is 0 Å². The first-order valence-electron chi connectivity index (χ1n) is 8.23. The van der Waals surface area contributed by atoms with Gasteiger partial charge in [-0.15, -0.1) is 0 Å². The predicted molar refractivity (Wildman–Crippen MR) is 105 cm³/mol. The summed E-state index contributed by atoms with van der Waals surface area (Å²) in [5.41, 5.74) is 0.904. The van der Waals surface area contributed by atoms with Crippen LogP contribution in [-0.4, -0.2) is 11.9 Å². The monoisotopic (exact) mass is 400 g/mol. The topological polar surface area (TPSA) is 43.4 Å². The first kappa shape index (κ1) is 14.2. The Morgan fingerprint density at radius 1 is 0.577 bits per heavy atom. The summed E-state index contributed by atoms with van der Waals surface area (Å²) in [5, 5.41) is 8.29. The van der Waals surface area contributed by atoms with Gasteiger partial charge in [0.1, 0.15) is 0 Å². The van der Waals surface area contributed by atoms with Gasteiger partial charge in [-0.3, -0.25) is 0 Å². The minimum Gasteiger partial charge on any atom is -0.386 e. The molecule has 6 rings (SSSR count). The van der Waals surface area contributed by atoms with Crippen LogP contribution in [0.1, 0.15) is 20.7 Å². The van der Waals surface area contributed by atoms with Gasteiger partial charge in [0.05, 0.1) is 11.1 Å². The second-order valence-corrected chi connectivity index (χ2v) is 7.43. The molecule has 0 spiro atoms. The van der Waals surface area contributed by atoms with Crippen molar-refractivity contribution in [3.63, 3.8) is 0 Å². The van der Waals surface area contributed by atoms with E-state index in [1.165, 1.54) is 5.39 Å². The van der Waals surface area contributed by atoms with Crippen molar-refractivity contribution in [2.75, 3.05) is 0 Å². The average Bonchev–Trinajstić information content (AvgIpc) is 2.66. The number of fused-ring (bicyclic) bond motifs is 2. The third-order valence-electron chi connectivity index (χ3n) is 5.35. The molecular weight excluding hydrogens is 392 g/mol. The molecule has 26 heavy (non-hydrogen) atoms. The Bertz CT molecular complexity index is 1380. The molecule has 0 saturated heterocycles. The van der Waals surface area contributed by atoms with Crippen molar-refractivity contribution in [3.8, 4) is 0 Å². The van der Waals surface area contributed by atoms with Gasteiger partial charge in [0.15, 0.2) is 0 Å². The number of esters is 2. The van der Waals surface area contributed by atoms with Crippen LogP contribution < -0.4 is 0 Å². The van der Waals surface area contributed by atoms with Gasteiger partial charge >= 0.3 is 11.9 Å². The number of rotatable bonds is 0. The van der Waals surface area contributed by atoms with E-state index in [4.69, 9.17) is 4.74 Å². The molecule has 0 aliphatic carbocycles. The van der Waals surface area contributed by atoms with Crippen molar-refractivity contribution >= 4 is 71.0 Å². The molecule has 5 aromatic rings. The summed E-state index contributed by atoms with van der Waals surface area (Å²) in [5.74, 6) is -1.16. The summed E-state index contributed by atoms with van der Waals surface area (Å²) in [6.07, 6.45) is 0. The van der Waals surface area contributed by atoms with E-state index < -0.39 is 11.9 Å². The number of ether oxygens (including phenoxy) is 1. The van der Waals surface area contributed by atoms with E-state index in [-0.39, 0.29) is 0 Å². The van der Waals surface area contributed by atoms with Crippen molar-refractivity contribution in [1.29, 1.82) is 0 Å². The van der Waals surface area contributed by atoms with Crippen molar-refractivity contribution < 1.29 is 14.3 Å². The third-order valence-corrected chi connectivity index (χ3v) is 6.05. The van der Waals surface area contributed by atoms with E-state index in [9.17, 15) is 9.59 Å². The quantitative estimate of drug-likeness (QED) is 0.142. The highest BCUT2D eigenvalue weighted by Crippen LogP contribution is 2.44. The number of cyclic esters (lactones) is 2. The van der Waals surface area contributed by atoms with Crippen LogP contribution in [0.5, 0.6) is 0 Å². The molecule has 0 atom stereocenters. The number of hydrogen-bond acceptors (Lipinski definition) is 3. The molecule has 5 aromatic carbocycles. The van der Waals surface area contributed by atoms with E-state index in [0.717, 1.165) is 36.8 Å². The van der Waals surface area contributed by atoms with Crippen LogP contribution in [0.15, 0.2) is 59.1 Å². The van der Waals surface area contributed by atoms with Gasteiger partial charge in [0, 0.05) is 9.86 Å². The van der Waals surface area contributed by atoms with Crippen LogP contribution in [-0.2, 0) is 4.74 Å². The fraction of sp³-hybridized carbons (Fsp3) is 0. The highest BCUT2D eigenvalue weighted by atomic mass is 79.9. The normalized spacial score (nSPS) is 14.0. The summed E-state index contributed by atoms with van der Waals surface area (Å²) >= 11 is 3.65. The van der Waals surface area contributed by atoms with Gasteiger partial charge < -0.3 is 4.74 Å². The number of benzene rings is 5. The fourth-order valence-electron chi connectivity index (χ4n) is 4.30. The SMILES string of the molecule is O=C1OC(=O)c2ccc3c4ccc(Br)c5cccc(c6ccc1c2c63)c54. The summed E-state index contributed by atoms with van der Waals surface area (Å²) in [6, 6.07) is 17.8.